The van der Waals surface area contributed by atoms with Crippen LogP contribution in [0.25, 0.3) is 122 Å². The third-order valence-corrected chi connectivity index (χ3v) is 19.7. The maximum Gasteiger partial charge on any atom is 0.0720 e. The number of hydrogen-bond donors (Lipinski definition) is 0. The Morgan fingerprint density at radius 1 is 0.136 bits per heavy atom. The fraction of sp³-hybridized carbons (Fsp3) is 0.0227. The largest absolute Gasteiger partial charge is 0.0720 e. The second kappa shape index (κ2) is 19.7. The summed E-state index contributed by atoms with van der Waals surface area (Å²) in [5.41, 5.74) is 31.2. The van der Waals surface area contributed by atoms with Gasteiger partial charge in [-0.25, -0.2) is 0 Å². The Morgan fingerprint density at radius 3 is 0.807 bits per heavy atom. The van der Waals surface area contributed by atoms with Gasteiger partial charge < -0.3 is 0 Å². The summed E-state index contributed by atoms with van der Waals surface area (Å²) >= 11 is 0. The zero-order chi connectivity index (χ0) is 57.9. The Balaban J connectivity index is 0.960. The smallest absolute Gasteiger partial charge is 0.0622 e. The lowest BCUT2D eigenvalue weighted by molar-refractivity contribution is 0.633. The molecule has 3 aliphatic carbocycles. The Morgan fingerprint density at radius 2 is 0.409 bits per heavy atom. The topological polar surface area (TPSA) is 0 Å². The molecule has 0 nitrogen and oxygen atoms in total. The first-order valence-corrected chi connectivity index (χ1v) is 30.8. The molecule has 408 valence electrons. The van der Waals surface area contributed by atoms with Gasteiger partial charge in [0.15, 0.2) is 0 Å². The molecule has 0 amide bonds. The van der Waals surface area contributed by atoms with E-state index in [-0.39, 0.29) is 0 Å². The van der Waals surface area contributed by atoms with Crippen LogP contribution in [0.1, 0.15) is 44.5 Å². The third-order valence-electron chi connectivity index (χ3n) is 19.7. The van der Waals surface area contributed by atoms with E-state index in [1.54, 1.807) is 0 Å². The first-order valence-electron chi connectivity index (χ1n) is 30.8. The van der Waals surface area contributed by atoms with E-state index in [1.807, 2.05) is 0 Å². The van der Waals surface area contributed by atoms with Gasteiger partial charge in [0.05, 0.1) is 10.8 Å². The van der Waals surface area contributed by atoms with Crippen LogP contribution in [0.3, 0.4) is 0 Å². The molecular formula is C88H56. The lowest BCUT2D eigenvalue weighted by Crippen LogP contribution is -2.43. The molecule has 2 spiro atoms. The number of benzene rings is 15. The molecule has 0 fully saturated rings. The second-order valence-corrected chi connectivity index (χ2v) is 24.1. The van der Waals surface area contributed by atoms with E-state index in [1.165, 1.54) is 161 Å². The Bertz CT molecular complexity index is 5100. The van der Waals surface area contributed by atoms with E-state index >= 15 is 0 Å². The number of hydrogen-bond acceptors (Lipinski definition) is 0. The average molecular weight is 1110 g/mol. The molecule has 0 bridgehead atoms. The summed E-state index contributed by atoms with van der Waals surface area (Å²) in [6, 6.07) is 128. The van der Waals surface area contributed by atoms with Gasteiger partial charge in [-0.1, -0.05) is 291 Å². The van der Waals surface area contributed by atoms with Gasteiger partial charge in [0, 0.05) is 0 Å². The maximum atomic E-state index is 2.61. The van der Waals surface area contributed by atoms with Crippen LogP contribution in [0.2, 0.25) is 0 Å². The van der Waals surface area contributed by atoms with Gasteiger partial charge >= 0.3 is 0 Å². The lowest BCUT2D eigenvalue weighted by Gasteiger charge is -2.49. The SMILES string of the molecule is c1ccc(-c2cc(-c3ccccc3)cc(-c3c4ccccc4c(-c4cc(-c5ccccc5)cc(-c5ccccc5)c4)c4cc(-c5ccc6c(c5)C5(c7ccccc7-c7ccccc75)c5ccccc5C65c6ccccc6-c6ccccc65)ccc34)c2)cc1. The maximum absolute atomic E-state index is 2.61. The number of rotatable bonds is 7. The van der Waals surface area contributed by atoms with E-state index in [0.717, 1.165) is 5.56 Å². The van der Waals surface area contributed by atoms with Gasteiger partial charge in [0.25, 0.3) is 0 Å². The van der Waals surface area contributed by atoms with Crippen molar-refractivity contribution in [2.75, 3.05) is 0 Å². The standard InChI is InChI=1S/C88H56/c1-5-25-57(26-6-1)63-49-64(58-27-7-2-8-28-58)52-67(51-63)85-73-37-13-14-38-74(73)86(68-53-65(59-29-9-3-10-30-59)50-66(54-68)60-31-11-4-12-32-60)76-55-61(45-47-75(76)85)62-46-48-83-84(56-62)88(79-41-21-17-35-71(79)72-36-18-22-42-80(72)88)82-44-24-23-43-81(82)87(83)77-39-19-15-33-69(77)70-34-16-20-40-78(70)87/h1-56H. The van der Waals surface area contributed by atoms with E-state index in [9.17, 15) is 0 Å². The van der Waals surface area contributed by atoms with Crippen molar-refractivity contribution in [2.24, 2.45) is 0 Å². The van der Waals surface area contributed by atoms with Crippen LogP contribution in [0.15, 0.2) is 340 Å². The molecule has 0 atom stereocenters. The van der Waals surface area contributed by atoms with Crippen molar-refractivity contribution >= 4 is 21.5 Å². The van der Waals surface area contributed by atoms with Gasteiger partial charge in [-0.3, -0.25) is 0 Å². The summed E-state index contributed by atoms with van der Waals surface area (Å²) in [6.45, 7) is 0. The van der Waals surface area contributed by atoms with Crippen LogP contribution in [0.4, 0.5) is 0 Å². The molecule has 3 aliphatic rings. The molecule has 18 rings (SSSR count). The minimum Gasteiger partial charge on any atom is -0.0622 e. The molecule has 0 radical (unpaired) electrons. The van der Waals surface area contributed by atoms with Crippen LogP contribution in [-0.2, 0) is 10.8 Å². The number of fused-ring (bicyclic) bond motifs is 18. The highest BCUT2D eigenvalue weighted by Gasteiger charge is 2.59. The molecule has 0 N–H and O–H groups in total. The monoisotopic (exact) mass is 1110 g/mol. The highest BCUT2D eigenvalue weighted by Crippen LogP contribution is 2.68. The Labute approximate surface area is 513 Å². The zero-order valence-corrected chi connectivity index (χ0v) is 48.3. The van der Waals surface area contributed by atoms with Gasteiger partial charge in [0.1, 0.15) is 0 Å². The summed E-state index contributed by atoms with van der Waals surface area (Å²) in [6.07, 6.45) is 0. The van der Waals surface area contributed by atoms with Gasteiger partial charge in [-0.15, -0.1) is 0 Å². The molecule has 0 aromatic heterocycles. The molecule has 0 saturated heterocycles. The first-order chi connectivity index (χ1) is 43.6. The van der Waals surface area contributed by atoms with Crippen molar-refractivity contribution in [1.82, 2.24) is 0 Å². The summed E-state index contributed by atoms with van der Waals surface area (Å²) in [5.74, 6) is 0. The minimum absolute atomic E-state index is 0.577. The van der Waals surface area contributed by atoms with Crippen molar-refractivity contribution in [3.05, 3.63) is 384 Å². The molecule has 0 saturated carbocycles. The van der Waals surface area contributed by atoms with E-state index in [2.05, 4.69) is 340 Å². The van der Waals surface area contributed by atoms with Crippen LogP contribution >= 0.6 is 0 Å². The van der Waals surface area contributed by atoms with Crippen molar-refractivity contribution < 1.29 is 0 Å². The molecule has 0 heteroatoms. The normalized spacial score (nSPS) is 13.4. The Hall–Kier alpha value is -11.2. The minimum atomic E-state index is -0.621. The molecule has 88 heavy (non-hydrogen) atoms. The van der Waals surface area contributed by atoms with Crippen LogP contribution < -0.4 is 0 Å². The highest BCUT2D eigenvalue weighted by atomic mass is 14.6. The quantitative estimate of drug-likeness (QED) is 0.140. The predicted molar refractivity (Wildman–Crippen MR) is 368 cm³/mol. The fourth-order valence-corrected chi connectivity index (χ4v) is 16.1. The van der Waals surface area contributed by atoms with Crippen molar-refractivity contribution in [1.29, 1.82) is 0 Å². The molecule has 0 heterocycles. The summed E-state index contributed by atoms with van der Waals surface area (Å²) < 4.78 is 0. The predicted octanol–water partition coefficient (Wildman–Crippen LogP) is 22.7. The average Bonchev–Trinajstić information content (AvgIpc) is 1.40. The van der Waals surface area contributed by atoms with Gasteiger partial charge in [-0.05, 0) is 215 Å². The Kier molecular flexibility index (Phi) is 11.2. The molecular weight excluding hydrogens is 1060 g/mol. The van der Waals surface area contributed by atoms with Crippen molar-refractivity contribution in [3.63, 3.8) is 0 Å². The van der Waals surface area contributed by atoms with Crippen LogP contribution in [0.5, 0.6) is 0 Å². The lowest BCUT2D eigenvalue weighted by atomic mass is 9.52. The molecule has 15 aromatic rings. The zero-order valence-electron chi connectivity index (χ0n) is 48.3. The van der Waals surface area contributed by atoms with Crippen molar-refractivity contribution in [3.8, 4) is 100 Å². The van der Waals surface area contributed by atoms with E-state index in [0.29, 0.717) is 0 Å². The van der Waals surface area contributed by atoms with Crippen LogP contribution in [-0.4, -0.2) is 0 Å². The molecule has 0 aliphatic heterocycles. The van der Waals surface area contributed by atoms with Crippen molar-refractivity contribution in [2.45, 2.75) is 10.8 Å². The fourth-order valence-electron chi connectivity index (χ4n) is 16.1. The first kappa shape index (κ1) is 50.2. The third kappa shape index (κ3) is 7.27. The summed E-state index contributed by atoms with van der Waals surface area (Å²) in [4.78, 5) is 0. The molecule has 15 aromatic carbocycles. The van der Waals surface area contributed by atoms with E-state index in [4.69, 9.17) is 0 Å². The summed E-state index contributed by atoms with van der Waals surface area (Å²) in [7, 11) is 0. The van der Waals surface area contributed by atoms with E-state index < -0.39 is 10.8 Å². The second-order valence-electron chi connectivity index (χ2n) is 24.1. The molecule has 0 unspecified atom stereocenters. The van der Waals surface area contributed by atoms with Gasteiger partial charge in [-0.2, -0.15) is 0 Å². The summed E-state index contributed by atoms with van der Waals surface area (Å²) in [5, 5.41) is 4.82. The van der Waals surface area contributed by atoms with Gasteiger partial charge in [0.2, 0.25) is 0 Å². The highest BCUT2D eigenvalue weighted by molar-refractivity contribution is 6.22. The van der Waals surface area contributed by atoms with Crippen LogP contribution in [0, 0.1) is 0 Å².